The van der Waals surface area contributed by atoms with Crippen molar-refractivity contribution < 1.29 is 9.53 Å². The standard InChI is InChI=1S/C11H17N3O2/c1-8-6-14(4-5-16-8)11-10(7-15)9(2)12-13(11)3/h7-8H,4-6H2,1-3H3. The van der Waals surface area contributed by atoms with Gasteiger partial charge in [0, 0.05) is 20.1 Å². The Morgan fingerprint density at radius 3 is 2.94 bits per heavy atom. The maximum Gasteiger partial charge on any atom is 0.155 e. The number of nitrogens with zero attached hydrogens (tertiary/aromatic N) is 3. The number of hydrogen-bond acceptors (Lipinski definition) is 4. The highest BCUT2D eigenvalue weighted by Gasteiger charge is 2.23. The molecule has 1 unspecified atom stereocenters. The molecule has 1 aromatic rings. The van der Waals surface area contributed by atoms with Crippen molar-refractivity contribution in [1.82, 2.24) is 9.78 Å². The summed E-state index contributed by atoms with van der Waals surface area (Å²) >= 11 is 0. The number of rotatable bonds is 2. The predicted molar refractivity (Wildman–Crippen MR) is 61.0 cm³/mol. The number of aldehydes is 1. The van der Waals surface area contributed by atoms with E-state index in [0.29, 0.717) is 12.2 Å². The molecule has 0 aromatic carbocycles. The molecule has 1 aliphatic rings. The summed E-state index contributed by atoms with van der Waals surface area (Å²) in [5.41, 5.74) is 1.48. The van der Waals surface area contributed by atoms with Gasteiger partial charge in [0.15, 0.2) is 6.29 Å². The van der Waals surface area contributed by atoms with Gasteiger partial charge >= 0.3 is 0 Å². The van der Waals surface area contributed by atoms with Gasteiger partial charge in [0.25, 0.3) is 0 Å². The van der Waals surface area contributed by atoms with Crippen LogP contribution >= 0.6 is 0 Å². The molecular formula is C11H17N3O2. The Morgan fingerprint density at radius 1 is 1.56 bits per heavy atom. The molecular weight excluding hydrogens is 206 g/mol. The Hall–Kier alpha value is -1.36. The minimum atomic E-state index is 0.198. The average Bonchev–Trinajstić information content (AvgIpc) is 2.52. The normalized spacial score (nSPS) is 21.2. The number of hydrogen-bond donors (Lipinski definition) is 0. The summed E-state index contributed by atoms with van der Waals surface area (Å²) < 4.78 is 7.26. The van der Waals surface area contributed by atoms with Gasteiger partial charge in [-0.15, -0.1) is 0 Å². The van der Waals surface area contributed by atoms with E-state index < -0.39 is 0 Å². The maximum absolute atomic E-state index is 11.1. The van der Waals surface area contributed by atoms with Crippen LogP contribution in [0.2, 0.25) is 0 Å². The van der Waals surface area contributed by atoms with Crippen molar-refractivity contribution in [2.45, 2.75) is 20.0 Å². The van der Waals surface area contributed by atoms with Crippen LogP contribution in [0.5, 0.6) is 0 Å². The molecule has 1 saturated heterocycles. The summed E-state index contributed by atoms with van der Waals surface area (Å²) in [4.78, 5) is 13.2. The van der Waals surface area contributed by atoms with Gasteiger partial charge in [-0.3, -0.25) is 9.48 Å². The van der Waals surface area contributed by atoms with Crippen molar-refractivity contribution in [2.24, 2.45) is 7.05 Å². The van der Waals surface area contributed by atoms with Crippen LogP contribution in [0.3, 0.4) is 0 Å². The molecule has 1 aliphatic heterocycles. The molecule has 5 heteroatoms. The SMILES string of the molecule is Cc1nn(C)c(N2CCOC(C)C2)c1C=O. The van der Waals surface area contributed by atoms with E-state index in [1.54, 1.807) is 4.68 Å². The second kappa shape index (κ2) is 4.25. The van der Waals surface area contributed by atoms with Crippen LogP contribution in [0.15, 0.2) is 0 Å². The van der Waals surface area contributed by atoms with E-state index in [1.807, 2.05) is 20.9 Å². The monoisotopic (exact) mass is 223 g/mol. The molecule has 0 N–H and O–H groups in total. The first-order chi connectivity index (χ1) is 7.63. The Bertz CT molecular complexity index is 400. The first kappa shape index (κ1) is 11.1. The molecule has 0 bridgehead atoms. The average molecular weight is 223 g/mol. The first-order valence-corrected chi connectivity index (χ1v) is 5.48. The molecule has 0 radical (unpaired) electrons. The fraction of sp³-hybridized carbons (Fsp3) is 0.636. The Balaban J connectivity index is 2.34. The highest BCUT2D eigenvalue weighted by atomic mass is 16.5. The zero-order chi connectivity index (χ0) is 11.7. The van der Waals surface area contributed by atoms with E-state index in [2.05, 4.69) is 10.00 Å². The highest BCUT2D eigenvalue weighted by Crippen LogP contribution is 2.23. The Labute approximate surface area is 95.0 Å². The quantitative estimate of drug-likeness (QED) is 0.695. The van der Waals surface area contributed by atoms with Crippen LogP contribution in [-0.4, -0.2) is 41.9 Å². The van der Waals surface area contributed by atoms with Crippen molar-refractivity contribution in [3.05, 3.63) is 11.3 Å². The molecule has 0 amide bonds. The summed E-state index contributed by atoms with van der Waals surface area (Å²) in [6.45, 7) is 6.21. The van der Waals surface area contributed by atoms with Crippen molar-refractivity contribution in [3.63, 3.8) is 0 Å². The van der Waals surface area contributed by atoms with Crippen molar-refractivity contribution in [2.75, 3.05) is 24.6 Å². The van der Waals surface area contributed by atoms with E-state index in [4.69, 9.17) is 4.74 Å². The fourth-order valence-corrected chi connectivity index (χ4v) is 2.19. The summed E-state index contributed by atoms with van der Waals surface area (Å²) in [6.07, 6.45) is 1.08. The van der Waals surface area contributed by atoms with Gasteiger partial charge < -0.3 is 9.64 Å². The third-order valence-electron chi connectivity index (χ3n) is 2.90. The van der Waals surface area contributed by atoms with Gasteiger partial charge in [-0.1, -0.05) is 0 Å². The van der Waals surface area contributed by atoms with Gasteiger partial charge in [-0.25, -0.2) is 0 Å². The molecule has 16 heavy (non-hydrogen) atoms. The number of aryl methyl sites for hydroxylation is 2. The van der Waals surface area contributed by atoms with Crippen molar-refractivity contribution >= 4 is 12.1 Å². The molecule has 1 fully saturated rings. The maximum atomic E-state index is 11.1. The van der Waals surface area contributed by atoms with Gasteiger partial charge in [-0.05, 0) is 13.8 Å². The molecule has 2 heterocycles. The molecule has 2 rings (SSSR count). The van der Waals surface area contributed by atoms with E-state index in [1.165, 1.54) is 0 Å². The topological polar surface area (TPSA) is 47.4 Å². The van der Waals surface area contributed by atoms with Gasteiger partial charge in [-0.2, -0.15) is 5.10 Å². The number of carbonyl (C=O) groups excluding carboxylic acids is 1. The van der Waals surface area contributed by atoms with Crippen LogP contribution in [0.4, 0.5) is 5.82 Å². The lowest BCUT2D eigenvalue weighted by Gasteiger charge is -2.32. The Morgan fingerprint density at radius 2 is 2.31 bits per heavy atom. The number of ether oxygens (including phenoxy) is 1. The van der Waals surface area contributed by atoms with E-state index in [-0.39, 0.29) is 6.10 Å². The molecule has 1 atom stereocenters. The number of aromatic nitrogens is 2. The smallest absolute Gasteiger partial charge is 0.155 e. The summed E-state index contributed by atoms with van der Waals surface area (Å²) in [5, 5.41) is 4.29. The predicted octanol–water partition coefficient (Wildman–Crippen LogP) is 0.766. The van der Waals surface area contributed by atoms with Crippen LogP contribution < -0.4 is 4.90 Å². The number of morpholine rings is 1. The van der Waals surface area contributed by atoms with Gasteiger partial charge in [0.05, 0.1) is 24.0 Å². The third-order valence-corrected chi connectivity index (χ3v) is 2.90. The lowest BCUT2D eigenvalue weighted by molar-refractivity contribution is 0.0526. The van der Waals surface area contributed by atoms with Gasteiger partial charge in [0.1, 0.15) is 5.82 Å². The van der Waals surface area contributed by atoms with E-state index in [9.17, 15) is 4.79 Å². The second-order valence-electron chi connectivity index (χ2n) is 4.19. The fourth-order valence-electron chi connectivity index (χ4n) is 2.19. The molecule has 0 spiro atoms. The molecule has 5 nitrogen and oxygen atoms in total. The molecule has 0 aliphatic carbocycles. The third kappa shape index (κ3) is 1.82. The van der Waals surface area contributed by atoms with E-state index in [0.717, 1.165) is 30.9 Å². The second-order valence-corrected chi connectivity index (χ2v) is 4.19. The Kier molecular flexibility index (Phi) is 2.96. The summed E-state index contributed by atoms with van der Waals surface area (Å²) in [7, 11) is 1.87. The van der Waals surface area contributed by atoms with Crippen LogP contribution in [0.25, 0.3) is 0 Å². The molecule has 88 valence electrons. The van der Waals surface area contributed by atoms with Crippen molar-refractivity contribution in [3.8, 4) is 0 Å². The minimum absolute atomic E-state index is 0.198. The van der Waals surface area contributed by atoms with E-state index >= 15 is 0 Å². The number of carbonyl (C=O) groups is 1. The molecule has 1 aromatic heterocycles. The highest BCUT2D eigenvalue weighted by molar-refractivity contribution is 5.84. The lowest BCUT2D eigenvalue weighted by atomic mass is 10.2. The van der Waals surface area contributed by atoms with Gasteiger partial charge in [0.2, 0.25) is 0 Å². The van der Waals surface area contributed by atoms with Crippen LogP contribution in [-0.2, 0) is 11.8 Å². The zero-order valence-electron chi connectivity index (χ0n) is 9.93. The van der Waals surface area contributed by atoms with Crippen molar-refractivity contribution in [1.29, 1.82) is 0 Å². The summed E-state index contributed by atoms with van der Waals surface area (Å²) in [5.74, 6) is 0.905. The first-order valence-electron chi connectivity index (χ1n) is 5.48. The van der Waals surface area contributed by atoms with Crippen LogP contribution in [0.1, 0.15) is 23.0 Å². The lowest BCUT2D eigenvalue weighted by Crippen LogP contribution is -2.42. The largest absolute Gasteiger partial charge is 0.375 e. The van der Waals surface area contributed by atoms with Crippen LogP contribution in [0, 0.1) is 6.92 Å². The summed E-state index contributed by atoms with van der Waals surface area (Å²) in [6, 6.07) is 0. The number of anilines is 1. The zero-order valence-corrected chi connectivity index (χ0v) is 9.93. The molecule has 0 saturated carbocycles. The minimum Gasteiger partial charge on any atom is -0.375 e.